The second kappa shape index (κ2) is 4.83. The third kappa shape index (κ3) is 3.23. The molecule has 0 aromatic heterocycles. The van der Waals surface area contributed by atoms with Crippen molar-refractivity contribution in [1.82, 2.24) is 4.72 Å². The highest BCUT2D eigenvalue weighted by atomic mass is 35.5. The number of benzene rings is 1. The van der Waals surface area contributed by atoms with E-state index in [2.05, 4.69) is 4.74 Å². The van der Waals surface area contributed by atoms with Gasteiger partial charge in [0.15, 0.2) is 5.75 Å². The SMILES string of the molecule is O=C(N[SH](=O)=O)Oc1ccccc1Cl. The maximum absolute atomic E-state index is 10.8. The molecule has 7 heteroatoms. The molecule has 0 aliphatic heterocycles. The molecule has 0 bridgehead atoms. The van der Waals surface area contributed by atoms with Crippen LogP contribution >= 0.6 is 11.6 Å². The van der Waals surface area contributed by atoms with Gasteiger partial charge < -0.3 is 4.74 Å². The molecule has 14 heavy (non-hydrogen) atoms. The van der Waals surface area contributed by atoms with Gasteiger partial charge in [-0.3, -0.25) is 0 Å². The van der Waals surface area contributed by atoms with E-state index in [1.165, 1.54) is 12.1 Å². The Bertz CT molecular complexity index is 410. The van der Waals surface area contributed by atoms with Crippen LogP contribution in [0.25, 0.3) is 0 Å². The lowest BCUT2D eigenvalue weighted by Crippen LogP contribution is -2.25. The number of para-hydroxylation sites is 1. The fourth-order valence-electron chi connectivity index (χ4n) is 0.725. The van der Waals surface area contributed by atoms with E-state index in [1.54, 1.807) is 16.9 Å². The van der Waals surface area contributed by atoms with Crippen LogP contribution < -0.4 is 9.46 Å². The van der Waals surface area contributed by atoms with Gasteiger partial charge in [0.2, 0.25) is 10.9 Å². The molecule has 0 spiro atoms. The smallest absolute Gasteiger partial charge is 0.408 e. The van der Waals surface area contributed by atoms with Crippen LogP contribution in [-0.2, 0) is 10.9 Å². The van der Waals surface area contributed by atoms with Crippen LogP contribution in [0.2, 0.25) is 5.02 Å². The molecule has 1 aromatic rings. The molecular weight excluding hydrogens is 230 g/mol. The first-order valence-electron chi connectivity index (χ1n) is 3.47. The second-order valence-corrected chi connectivity index (χ2v) is 3.33. The summed E-state index contributed by atoms with van der Waals surface area (Å²) in [6.45, 7) is 0. The minimum atomic E-state index is -3.01. The van der Waals surface area contributed by atoms with Crippen LogP contribution in [0.4, 0.5) is 4.79 Å². The summed E-state index contributed by atoms with van der Waals surface area (Å²) < 4.78 is 26.3. The van der Waals surface area contributed by atoms with Crippen molar-refractivity contribution in [3.8, 4) is 5.75 Å². The zero-order chi connectivity index (χ0) is 10.6. The van der Waals surface area contributed by atoms with Gasteiger partial charge in [0.1, 0.15) is 0 Å². The van der Waals surface area contributed by atoms with Gasteiger partial charge in [0, 0.05) is 0 Å². The van der Waals surface area contributed by atoms with E-state index in [0.717, 1.165) is 0 Å². The van der Waals surface area contributed by atoms with Gasteiger partial charge in [-0.15, -0.1) is 0 Å². The minimum Gasteiger partial charge on any atom is -0.408 e. The number of hydrogen-bond donors (Lipinski definition) is 2. The van der Waals surface area contributed by atoms with Gasteiger partial charge in [0.05, 0.1) is 5.02 Å². The van der Waals surface area contributed by atoms with E-state index in [9.17, 15) is 13.2 Å². The number of halogens is 1. The highest BCUT2D eigenvalue weighted by molar-refractivity contribution is 7.70. The van der Waals surface area contributed by atoms with E-state index in [0.29, 0.717) is 0 Å². The van der Waals surface area contributed by atoms with Gasteiger partial charge >= 0.3 is 6.09 Å². The van der Waals surface area contributed by atoms with Crippen molar-refractivity contribution in [3.05, 3.63) is 29.3 Å². The minimum absolute atomic E-state index is 0.100. The van der Waals surface area contributed by atoms with Crippen molar-refractivity contribution in [2.24, 2.45) is 0 Å². The van der Waals surface area contributed by atoms with Crippen LogP contribution in [-0.4, -0.2) is 14.5 Å². The predicted octanol–water partition coefficient (Wildman–Crippen LogP) is 0.955. The van der Waals surface area contributed by atoms with E-state index < -0.39 is 17.0 Å². The van der Waals surface area contributed by atoms with Gasteiger partial charge in [-0.05, 0) is 12.1 Å². The number of rotatable bonds is 2. The molecule has 0 aliphatic carbocycles. The van der Waals surface area contributed by atoms with Crippen molar-refractivity contribution in [2.75, 3.05) is 0 Å². The zero-order valence-electron chi connectivity index (χ0n) is 6.77. The number of hydrogen-bond acceptors (Lipinski definition) is 4. The van der Waals surface area contributed by atoms with Crippen LogP contribution in [0, 0.1) is 0 Å². The summed E-state index contributed by atoms with van der Waals surface area (Å²) in [6.07, 6.45) is -1.09. The number of ether oxygens (including phenoxy) is 1. The summed E-state index contributed by atoms with van der Waals surface area (Å²) in [7, 11) is -3.01. The van der Waals surface area contributed by atoms with Crippen LogP contribution in [0.15, 0.2) is 24.3 Å². The maximum Gasteiger partial charge on any atom is 0.426 e. The van der Waals surface area contributed by atoms with Gasteiger partial charge in [0.25, 0.3) is 0 Å². The Morgan fingerprint density at radius 2 is 2.00 bits per heavy atom. The van der Waals surface area contributed by atoms with Gasteiger partial charge in [-0.2, -0.15) is 0 Å². The molecule has 0 aliphatic rings. The molecule has 0 saturated heterocycles. The molecule has 0 fully saturated rings. The summed E-state index contributed by atoms with van der Waals surface area (Å²) >= 11 is 5.65. The number of carbonyl (C=O) groups excluding carboxylic acids is 1. The van der Waals surface area contributed by atoms with Gasteiger partial charge in [-0.1, -0.05) is 23.7 Å². The predicted molar refractivity (Wildman–Crippen MR) is 50.9 cm³/mol. The average molecular weight is 236 g/mol. The Kier molecular flexibility index (Phi) is 3.73. The lowest BCUT2D eigenvalue weighted by atomic mass is 10.3. The number of carbonyl (C=O) groups is 1. The standard InChI is InChI=1S/C7H6ClNO4S/c8-5-3-1-2-4-6(5)13-7(10)9-14(11)12/h1-4,14H,(H,9,10,11,12). The van der Waals surface area contributed by atoms with Crippen molar-refractivity contribution in [2.45, 2.75) is 0 Å². The maximum atomic E-state index is 10.8. The number of nitrogens with one attached hydrogen (secondary N) is 1. The van der Waals surface area contributed by atoms with E-state index >= 15 is 0 Å². The molecule has 5 nitrogen and oxygen atoms in total. The van der Waals surface area contributed by atoms with E-state index in [4.69, 9.17) is 11.6 Å². The lowest BCUT2D eigenvalue weighted by Gasteiger charge is -2.03. The highest BCUT2D eigenvalue weighted by Crippen LogP contribution is 2.22. The molecule has 0 radical (unpaired) electrons. The number of thiol groups is 1. The third-order valence-electron chi connectivity index (χ3n) is 1.22. The Balaban J connectivity index is 2.69. The molecule has 0 atom stereocenters. The molecule has 1 amide bonds. The first-order valence-corrected chi connectivity index (χ1v) is 5.02. The summed E-state index contributed by atoms with van der Waals surface area (Å²) in [5.41, 5.74) is 0. The Hall–Kier alpha value is -1.27. The van der Waals surface area contributed by atoms with Crippen LogP contribution in [0.1, 0.15) is 0 Å². The quantitative estimate of drug-likeness (QED) is 0.749. The Morgan fingerprint density at radius 1 is 1.36 bits per heavy atom. The first-order chi connectivity index (χ1) is 6.59. The molecule has 1 aromatic carbocycles. The van der Waals surface area contributed by atoms with Crippen molar-refractivity contribution < 1.29 is 17.9 Å². The summed E-state index contributed by atoms with van der Waals surface area (Å²) in [4.78, 5) is 10.8. The topological polar surface area (TPSA) is 72.5 Å². The molecule has 0 heterocycles. The highest BCUT2D eigenvalue weighted by Gasteiger charge is 2.06. The van der Waals surface area contributed by atoms with Crippen LogP contribution in [0.5, 0.6) is 5.75 Å². The average Bonchev–Trinajstić information content (AvgIpc) is 2.07. The molecule has 1 N–H and O–H groups in total. The molecule has 76 valence electrons. The third-order valence-corrected chi connectivity index (χ3v) is 1.90. The fourth-order valence-corrected chi connectivity index (χ4v) is 1.09. The Labute approximate surface area is 86.7 Å². The summed E-state index contributed by atoms with van der Waals surface area (Å²) in [6, 6.07) is 6.22. The summed E-state index contributed by atoms with van der Waals surface area (Å²) in [5, 5.41) is 0.226. The molecule has 0 saturated carbocycles. The van der Waals surface area contributed by atoms with E-state index in [1.807, 2.05) is 0 Å². The zero-order valence-corrected chi connectivity index (χ0v) is 8.42. The van der Waals surface area contributed by atoms with Crippen molar-refractivity contribution in [1.29, 1.82) is 0 Å². The second-order valence-electron chi connectivity index (χ2n) is 2.19. The fraction of sp³-hybridized carbons (Fsp3) is 0. The normalized spacial score (nSPS) is 9.86. The first kappa shape index (κ1) is 10.8. The molecular formula is C7H6ClNO4S. The number of amides is 1. The largest absolute Gasteiger partial charge is 0.426 e. The van der Waals surface area contributed by atoms with Crippen molar-refractivity contribution in [3.63, 3.8) is 0 Å². The van der Waals surface area contributed by atoms with E-state index in [-0.39, 0.29) is 10.8 Å². The summed E-state index contributed by atoms with van der Waals surface area (Å²) in [5.74, 6) is 0.100. The lowest BCUT2D eigenvalue weighted by molar-refractivity contribution is 0.207. The van der Waals surface area contributed by atoms with Crippen molar-refractivity contribution >= 4 is 28.6 Å². The van der Waals surface area contributed by atoms with Gasteiger partial charge in [-0.25, -0.2) is 17.9 Å². The molecule has 0 unspecified atom stereocenters. The van der Waals surface area contributed by atoms with Crippen LogP contribution in [0.3, 0.4) is 0 Å². The Morgan fingerprint density at radius 3 is 2.57 bits per heavy atom. The molecule has 1 rings (SSSR count). The monoisotopic (exact) mass is 235 g/mol.